The summed E-state index contributed by atoms with van der Waals surface area (Å²) in [6, 6.07) is 2.53. The normalized spacial score (nSPS) is 12.0. The quantitative estimate of drug-likeness (QED) is 0.948. The number of nitrogens with one attached hydrogen (secondary N) is 1. The highest BCUT2D eigenvalue weighted by atomic mass is 35.5. The summed E-state index contributed by atoms with van der Waals surface area (Å²) in [4.78, 5) is 19.4. The number of carbonyl (C=O) groups excluding carboxylic acids is 1. The van der Waals surface area contributed by atoms with E-state index in [9.17, 15) is 13.6 Å². The third kappa shape index (κ3) is 3.27. The predicted octanol–water partition coefficient (Wildman–Crippen LogP) is 2.90. The summed E-state index contributed by atoms with van der Waals surface area (Å²) in [5, 5.41) is 2.71. The number of amides is 1. The fourth-order valence-electron chi connectivity index (χ4n) is 1.63. The topological polar surface area (TPSA) is 54.9 Å². The lowest BCUT2D eigenvalue weighted by atomic mass is 10.1. The zero-order chi connectivity index (χ0) is 14.7. The number of carbonyl (C=O) groups is 1. The lowest BCUT2D eigenvalue weighted by Crippen LogP contribution is -2.28. The van der Waals surface area contributed by atoms with Gasteiger partial charge in [-0.05, 0) is 13.0 Å². The molecule has 1 unspecified atom stereocenters. The maximum atomic E-state index is 13.6. The van der Waals surface area contributed by atoms with Crippen LogP contribution in [0, 0.1) is 11.6 Å². The van der Waals surface area contributed by atoms with Gasteiger partial charge in [0, 0.05) is 11.6 Å². The van der Waals surface area contributed by atoms with Gasteiger partial charge < -0.3 is 5.32 Å². The van der Waals surface area contributed by atoms with Crippen LogP contribution in [0.1, 0.15) is 29.0 Å². The van der Waals surface area contributed by atoms with E-state index in [1.54, 1.807) is 6.92 Å². The molecule has 1 aromatic carbocycles. The third-order valence-corrected chi connectivity index (χ3v) is 2.82. The van der Waals surface area contributed by atoms with Gasteiger partial charge in [0.25, 0.3) is 5.91 Å². The molecule has 1 N–H and O–H groups in total. The number of nitrogens with zero attached hydrogens (tertiary/aromatic N) is 2. The minimum absolute atomic E-state index is 0.0590. The summed E-state index contributed by atoms with van der Waals surface area (Å²) >= 11 is 5.56. The van der Waals surface area contributed by atoms with Crippen molar-refractivity contribution in [2.75, 3.05) is 0 Å². The summed E-state index contributed by atoms with van der Waals surface area (Å²) in [6.07, 6.45) is 2.45. The first-order chi connectivity index (χ1) is 9.47. The molecule has 0 aliphatic heterocycles. The minimum atomic E-state index is -0.722. The van der Waals surface area contributed by atoms with Crippen molar-refractivity contribution in [3.05, 3.63) is 58.6 Å². The molecule has 20 heavy (non-hydrogen) atoms. The van der Waals surface area contributed by atoms with E-state index >= 15 is 0 Å². The first kappa shape index (κ1) is 14.3. The van der Waals surface area contributed by atoms with E-state index in [1.807, 2.05) is 0 Å². The molecular weight excluding hydrogens is 288 g/mol. The van der Waals surface area contributed by atoms with Crippen molar-refractivity contribution in [2.45, 2.75) is 13.0 Å². The van der Waals surface area contributed by atoms with Crippen LogP contribution in [-0.4, -0.2) is 15.9 Å². The Morgan fingerprint density at radius 1 is 1.30 bits per heavy atom. The molecule has 2 rings (SSSR count). The van der Waals surface area contributed by atoms with Gasteiger partial charge in [0.2, 0.25) is 0 Å². The standard InChI is InChI=1S/C13H10ClF2N3O/c1-7(9-3-2-8(15)4-10(9)16)19-13(20)11-5-18-12(14)6-17-11/h2-7H,1H3,(H,19,20). The van der Waals surface area contributed by atoms with Gasteiger partial charge in [0.05, 0.1) is 18.4 Å². The molecule has 0 fully saturated rings. The van der Waals surface area contributed by atoms with Crippen molar-refractivity contribution >= 4 is 17.5 Å². The highest BCUT2D eigenvalue weighted by molar-refractivity contribution is 6.29. The summed E-state index contributed by atoms with van der Waals surface area (Å²) in [5.74, 6) is -1.92. The van der Waals surface area contributed by atoms with Crippen molar-refractivity contribution in [1.29, 1.82) is 0 Å². The predicted molar refractivity (Wildman–Crippen MR) is 69.3 cm³/mol. The van der Waals surface area contributed by atoms with Crippen molar-refractivity contribution in [1.82, 2.24) is 15.3 Å². The molecule has 1 atom stereocenters. The molecule has 0 aliphatic rings. The monoisotopic (exact) mass is 297 g/mol. The molecule has 1 amide bonds. The molecule has 0 aliphatic carbocycles. The lowest BCUT2D eigenvalue weighted by molar-refractivity contribution is 0.0934. The minimum Gasteiger partial charge on any atom is -0.344 e. The molecule has 0 bridgehead atoms. The van der Waals surface area contributed by atoms with Gasteiger partial charge in [-0.25, -0.2) is 18.7 Å². The van der Waals surface area contributed by atoms with Crippen molar-refractivity contribution in [2.24, 2.45) is 0 Å². The van der Waals surface area contributed by atoms with Gasteiger partial charge in [0.15, 0.2) is 0 Å². The van der Waals surface area contributed by atoms with Crippen LogP contribution in [0.3, 0.4) is 0 Å². The van der Waals surface area contributed by atoms with Gasteiger partial charge in [-0.1, -0.05) is 17.7 Å². The Bertz CT molecular complexity index is 634. The second-order valence-corrected chi connectivity index (χ2v) is 4.47. The van der Waals surface area contributed by atoms with E-state index in [-0.39, 0.29) is 16.4 Å². The zero-order valence-corrected chi connectivity index (χ0v) is 11.2. The zero-order valence-electron chi connectivity index (χ0n) is 10.4. The smallest absolute Gasteiger partial charge is 0.271 e. The third-order valence-electron chi connectivity index (χ3n) is 2.63. The number of aromatic nitrogens is 2. The molecule has 7 heteroatoms. The van der Waals surface area contributed by atoms with Crippen molar-refractivity contribution in [3.8, 4) is 0 Å². The van der Waals surface area contributed by atoms with Crippen LogP contribution in [-0.2, 0) is 0 Å². The van der Waals surface area contributed by atoms with Crippen LogP contribution >= 0.6 is 11.6 Å². The van der Waals surface area contributed by atoms with Crippen molar-refractivity contribution < 1.29 is 13.6 Å². The molecule has 0 saturated carbocycles. The van der Waals surface area contributed by atoms with Gasteiger partial charge in [-0.3, -0.25) is 4.79 Å². The molecule has 104 valence electrons. The first-order valence-electron chi connectivity index (χ1n) is 5.70. The Morgan fingerprint density at radius 2 is 2.05 bits per heavy atom. The molecule has 0 spiro atoms. The largest absolute Gasteiger partial charge is 0.344 e. The van der Waals surface area contributed by atoms with E-state index in [2.05, 4.69) is 15.3 Å². The van der Waals surface area contributed by atoms with Crippen LogP contribution in [0.2, 0.25) is 5.15 Å². The van der Waals surface area contributed by atoms with Crippen LogP contribution in [0.25, 0.3) is 0 Å². The fraction of sp³-hybridized carbons (Fsp3) is 0.154. The Morgan fingerprint density at radius 3 is 2.65 bits per heavy atom. The number of rotatable bonds is 3. The maximum absolute atomic E-state index is 13.6. The number of hydrogen-bond donors (Lipinski definition) is 1. The molecular formula is C13H10ClF2N3O. The van der Waals surface area contributed by atoms with Gasteiger partial charge in [-0.2, -0.15) is 0 Å². The van der Waals surface area contributed by atoms with Crippen molar-refractivity contribution in [3.63, 3.8) is 0 Å². The van der Waals surface area contributed by atoms with E-state index in [4.69, 9.17) is 11.6 Å². The summed E-state index contributed by atoms with van der Waals surface area (Å²) in [6.45, 7) is 1.58. The van der Waals surface area contributed by atoms with E-state index < -0.39 is 23.6 Å². The number of halogens is 3. The summed E-state index contributed by atoms with van der Waals surface area (Å²) in [5.41, 5.74) is 0.241. The highest BCUT2D eigenvalue weighted by Crippen LogP contribution is 2.18. The number of benzene rings is 1. The van der Waals surface area contributed by atoms with Crippen LogP contribution < -0.4 is 5.32 Å². The molecule has 0 radical (unpaired) electrons. The Hall–Kier alpha value is -2.08. The lowest BCUT2D eigenvalue weighted by Gasteiger charge is -2.14. The molecule has 2 aromatic rings. The van der Waals surface area contributed by atoms with E-state index in [1.165, 1.54) is 18.5 Å². The van der Waals surface area contributed by atoms with Gasteiger partial charge in [-0.15, -0.1) is 0 Å². The second kappa shape index (κ2) is 5.92. The molecule has 4 nitrogen and oxygen atoms in total. The van der Waals surface area contributed by atoms with Crippen LogP contribution in [0.15, 0.2) is 30.6 Å². The number of hydrogen-bond acceptors (Lipinski definition) is 3. The van der Waals surface area contributed by atoms with E-state index in [0.29, 0.717) is 0 Å². The Labute approximate surface area is 118 Å². The highest BCUT2D eigenvalue weighted by Gasteiger charge is 2.16. The molecule has 1 aromatic heterocycles. The SMILES string of the molecule is CC(NC(=O)c1cnc(Cl)cn1)c1ccc(F)cc1F. The summed E-state index contributed by atoms with van der Waals surface area (Å²) in [7, 11) is 0. The average molecular weight is 298 g/mol. The molecule has 1 heterocycles. The Balaban J connectivity index is 2.12. The van der Waals surface area contributed by atoms with Crippen LogP contribution in [0.4, 0.5) is 8.78 Å². The average Bonchev–Trinajstić information content (AvgIpc) is 2.39. The second-order valence-electron chi connectivity index (χ2n) is 4.09. The Kier molecular flexibility index (Phi) is 4.24. The summed E-state index contributed by atoms with van der Waals surface area (Å²) < 4.78 is 26.4. The van der Waals surface area contributed by atoms with Gasteiger partial charge in [0.1, 0.15) is 22.5 Å². The fourth-order valence-corrected chi connectivity index (χ4v) is 1.73. The van der Waals surface area contributed by atoms with E-state index in [0.717, 1.165) is 12.1 Å². The maximum Gasteiger partial charge on any atom is 0.271 e. The van der Waals surface area contributed by atoms with Crippen LogP contribution in [0.5, 0.6) is 0 Å². The first-order valence-corrected chi connectivity index (χ1v) is 6.08. The van der Waals surface area contributed by atoms with Gasteiger partial charge >= 0.3 is 0 Å². The molecule has 0 saturated heterocycles.